The molecule has 72 valence electrons. The Labute approximate surface area is 80.6 Å². The molecule has 0 saturated carbocycles. The molecular weight excluding hydrogens is 217 g/mol. The number of hydrogen-bond acceptors (Lipinski definition) is 2. The van der Waals surface area contributed by atoms with Gasteiger partial charge in [0.1, 0.15) is 10.7 Å². The van der Waals surface area contributed by atoms with Gasteiger partial charge in [-0.1, -0.05) is 11.6 Å². The van der Waals surface area contributed by atoms with Crippen molar-refractivity contribution in [3.05, 3.63) is 29.0 Å². The van der Waals surface area contributed by atoms with Crippen LogP contribution in [0.5, 0.6) is 0 Å². The van der Waals surface area contributed by atoms with E-state index < -0.39 is 15.8 Å². The van der Waals surface area contributed by atoms with Crippen molar-refractivity contribution in [1.82, 2.24) is 4.72 Å². The minimum absolute atomic E-state index is 0.00394. The molecule has 0 radical (unpaired) electrons. The highest BCUT2D eigenvalue weighted by Crippen LogP contribution is 2.21. The molecule has 0 aliphatic heterocycles. The Kier molecular flexibility index (Phi) is 2.90. The lowest BCUT2D eigenvalue weighted by Crippen LogP contribution is -2.19. The zero-order valence-electron chi connectivity index (χ0n) is 6.71. The molecule has 0 fully saturated rings. The summed E-state index contributed by atoms with van der Waals surface area (Å²) in [6.45, 7) is 0. The highest BCUT2D eigenvalue weighted by atomic mass is 35.5. The van der Waals surface area contributed by atoms with Gasteiger partial charge < -0.3 is 0 Å². The highest BCUT2D eigenvalue weighted by Gasteiger charge is 2.15. The molecule has 0 bridgehead atoms. The third kappa shape index (κ3) is 2.18. The van der Waals surface area contributed by atoms with Crippen LogP contribution < -0.4 is 4.72 Å². The molecule has 0 spiro atoms. The smallest absolute Gasteiger partial charge is 0.214 e. The van der Waals surface area contributed by atoms with Crippen LogP contribution in [0.1, 0.15) is 0 Å². The molecule has 3 nitrogen and oxygen atoms in total. The number of benzene rings is 1. The molecule has 0 unspecified atom stereocenters. The lowest BCUT2D eigenvalue weighted by Gasteiger charge is -2.03. The molecule has 0 aliphatic rings. The van der Waals surface area contributed by atoms with Crippen molar-refractivity contribution in [2.24, 2.45) is 0 Å². The Morgan fingerprint density at radius 2 is 2.08 bits per heavy atom. The third-order valence-electron chi connectivity index (χ3n) is 1.45. The van der Waals surface area contributed by atoms with Gasteiger partial charge in [0.25, 0.3) is 0 Å². The van der Waals surface area contributed by atoms with Gasteiger partial charge in [-0.25, -0.2) is 17.5 Å². The van der Waals surface area contributed by atoms with E-state index in [1.807, 2.05) is 4.72 Å². The normalized spacial score (nSPS) is 11.6. The van der Waals surface area contributed by atoms with Crippen molar-refractivity contribution < 1.29 is 12.8 Å². The van der Waals surface area contributed by atoms with Gasteiger partial charge in [0.2, 0.25) is 10.0 Å². The molecular formula is C7H7ClFNO2S. The van der Waals surface area contributed by atoms with Crippen molar-refractivity contribution in [3.63, 3.8) is 0 Å². The Bertz CT molecular complexity index is 419. The van der Waals surface area contributed by atoms with Gasteiger partial charge in [-0.2, -0.15) is 0 Å². The lowest BCUT2D eigenvalue weighted by atomic mass is 10.3. The van der Waals surface area contributed by atoms with Crippen molar-refractivity contribution in [2.45, 2.75) is 4.90 Å². The summed E-state index contributed by atoms with van der Waals surface area (Å²) in [4.78, 5) is -0.253. The maximum atomic E-state index is 12.7. The fourth-order valence-corrected chi connectivity index (χ4v) is 2.03. The zero-order valence-corrected chi connectivity index (χ0v) is 8.29. The summed E-state index contributed by atoms with van der Waals surface area (Å²) in [5, 5.41) is -0.00394. The Balaban J connectivity index is 3.38. The molecule has 0 atom stereocenters. The van der Waals surface area contributed by atoms with E-state index in [9.17, 15) is 12.8 Å². The molecule has 1 aromatic carbocycles. The number of rotatable bonds is 2. The number of sulfonamides is 1. The maximum absolute atomic E-state index is 12.7. The minimum atomic E-state index is -3.67. The first-order valence-corrected chi connectivity index (χ1v) is 5.22. The molecule has 0 heterocycles. The van der Waals surface area contributed by atoms with E-state index in [2.05, 4.69) is 0 Å². The van der Waals surface area contributed by atoms with Crippen molar-refractivity contribution in [3.8, 4) is 0 Å². The van der Waals surface area contributed by atoms with Gasteiger partial charge >= 0.3 is 0 Å². The number of halogens is 2. The fourth-order valence-electron chi connectivity index (χ4n) is 0.793. The second kappa shape index (κ2) is 3.61. The summed E-state index contributed by atoms with van der Waals surface area (Å²) in [6, 6.07) is 3.16. The van der Waals surface area contributed by atoms with Crippen LogP contribution in [0.2, 0.25) is 5.02 Å². The molecule has 13 heavy (non-hydrogen) atoms. The summed E-state index contributed by atoms with van der Waals surface area (Å²) in [5.74, 6) is -0.641. The predicted octanol–water partition coefficient (Wildman–Crippen LogP) is 1.39. The van der Waals surface area contributed by atoms with E-state index in [1.54, 1.807) is 0 Å². The fraction of sp³-hybridized carbons (Fsp3) is 0.143. The summed E-state index contributed by atoms with van der Waals surface area (Å²) in [6.07, 6.45) is 0. The summed E-state index contributed by atoms with van der Waals surface area (Å²) < 4.78 is 37.1. The largest absolute Gasteiger partial charge is 0.241 e. The molecule has 1 N–H and O–H groups in total. The van der Waals surface area contributed by atoms with Crippen LogP contribution in [0, 0.1) is 5.82 Å². The zero-order chi connectivity index (χ0) is 10.1. The van der Waals surface area contributed by atoms with E-state index in [4.69, 9.17) is 11.6 Å². The molecule has 0 amide bonds. The van der Waals surface area contributed by atoms with Crippen LogP contribution in [0.3, 0.4) is 0 Å². The molecule has 0 aromatic heterocycles. The Morgan fingerprint density at radius 1 is 1.46 bits per heavy atom. The lowest BCUT2D eigenvalue weighted by molar-refractivity contribution is 0.584. The first-order valence-electron chi connectivity index (χ1n) is 3.36. The van der Waals surface area contributed by atoms with Crippen molar-refractivity contribution in [2.75, 3.05) is 7.05 Å². The molecule has 1 aromatic rings. The highest BCUT2D eigenvalue weighted by molar-refractivity contribution is 7.89. The topological polar surface area (TPSA) is 46.2 Å². The van der Waals surface area contributed by atoms with Gasteiger partial charge in [0.15, 0.2) is 0 Å². The second-order valence-electron chi connectivity index (χ2n) is 2.28. The van der Waals surface area contributed by atoms with Crippen molar-refractivity contribution >= 4 is 21.6 Å². The summed E-state index contributed by atoms with van der Waals surface area (Å²) in [5.41, 5.74) is 0. The third-order valence-corrected chi connectivity index (χ3v) is 3.35. The minimum Gasteiger partial charge on any atom is -0.214 e. The number of nitrogens with one attached hydrogen (secondary N) is 1. The van der Waals surface area contributed by atoms with Crippen LogP contribution >= 0.6 is 11.6 Å². The maximum Gasteiger partial charge on any atom is 0.241 e. The molecule has 6 heteroatoms. The summed E-state index contributed by atoms with van der Waals surface area (Å²) >= 11 is 5.57. The second-order valence-corrected chi connectivity index (χ2v) is 4.54. The average molecular weight is 224 g/mol. The van der Waals surface area contributed by atoms with Crippen LogP contribution in [-0.4, -0.2) is 15.5 Å². The van der Waals surface area contributed by atoms with E-state index in [0.29, 0.717) is 0 Å². The first kappa shape index (κ1) is 10.4. The van der Waals surface area contributed by atoms with Gasteiger partial charge in [-0.15, -0.1) is 0 Å². The van der Waals surface area contributed by atoms with Crippen LogP contribution in [0.15, 0.2) is 23.1 Å². The molecule has 1 rings (SSSR count). The Hall–Kier alpha value is -0.650. The average Bonchev–Trinajstić information content (AvgIpc) is 2.09. The van der Waals surface area contributed by atoms with E-state index in [1.165, 1.54) is 13.1 Å². The van der Waals surface area contributed by atoms with Gasteiger partial charge in [-0.3, -0.25) is 0 Å². The van der Waals surface area contributed by atoms with Crippen LogP contribution in [0.4, 0.5) is 4.39 Å². The first-order chi connectivity index (χ1) is 5.97. The monoisotopic (exact) mass is 223 g/mol. The Morgan fingerprint density at radius 3 is 2.62 bits per heavy atom. The molecule has 0 aliphatic carbocycles. The number of hydrogen-bond donors (Lipinski definition) is 1. The SMILES string of the molecule is CNS(=O)(=O)c1cc(F)ccc1Cl. The van der Waals surface area contributed by atoms with Crippen LogP contribution in [0.25, 0.3) is 0 Å². The predicted molar refractivity (Wildman–Crippen MR) is 47.7 cm³/mol. The van der Waals surface area contributed by atoms with Crippen LogP contribution in [-0.2, 0) is 10.0 Å². The molecule has 0 saturated heterocycles. The van der Waals surface area contributed by atoms with E-state index in [-0.39, 0.29) is 9.92 Å². The van der Waals surface area contributed by atoms with E-state index in [0.717, 1.165) is 12.1 Å². The van der Waals surface area contributed by atoms with Gasteiger partial charge in [-0.05, 0) is 25.2 Å². The summed E-state index contributed by atoms with van der Waals surface area (Å²) in [7, 11) is -2.44. The van der Waals surface area contributed by atoms with Gasteiger partial charge in [0, 0.05) is 0 Å². The van der Waals surface area contributed by atoms with Gasteiger partial charge in [0.05, 0.1) is 5.02 Å². The quantitative estimate of drug-likeness (QED) is 0.824. The van der Waals surface area contributed by atoms with Crippen molar-refractivity contribution in [1.29, 1.82) is 0 Å². The van der Waals surface area contributed by atoms with E-state index >= 15 is 0 Å². The standard InChI is InChI=1S/C7H7ClFNO2S/c1-10-13(11,12)7-4-5(9)2-3-6(7)8/h2-4,10H,1H3.